The van der Waals surface area contributed by atoms with Gasteiger partial charge in [-0.15, -0.1) is 0 Å². The van der Waals surface area contributed by atoms with Crippen LogP contribution in [-0.2, 0) is 22.8 Å². The number of carbonyl (C=O) groups excluding carboxylic acids is 1. The first-order chi connectivity index (χ1) is 8.07. The number of nitrogens with two attached hydrogens (primary N) is 2. The van der Waals surface area contributed by atoms with Crippen molar-refractivity contribution in [3.8, 4) is 0 Å². The Morgan fingerprint density at radius 2 is 1.70 bits per heavy atom. The predicted octanol–water partition coefficient (Wildman–Crippen LogP) is -2.10. The molecule has 112 valence electrons. The second-order valence-corrected chi connectivity index (χ2v) is 6.10. The van der Waals surface area contributed by atoms with Crippen LogP contribution in [0.4, 0.5) is 0 Å². The van der Waals surface area contributed by atoms with Crippen molar-refractivity contribution < 1.29 is 37.4 Å². The van der Waals surface area contributed by atoms with E-state index < -0.39 is 27.7 Å². The van der Waals surface area contributed by atoms with Crippen molar-refractivity contribution in [1.82, 2.24) is 0 Å². The van der Waals surface area contributed by atoms with Gasteiger partial charge in [-0.1, -0.05) is 6.42 Å². The molecule has 0 bridgehead atoms. The van der Waals surface area contributed by atoms with Crippen LogP contribution < -0.4 is 11.5 Å². The number of carbonyl (C=O) groups is 1. The van der Waals surface area contributed by atoms with Crippen LogP contribution in [0.5, 0.6) is 0 Å². The van der Waals surface area contributed by atoms with E-state index in [1.165, 1.54) is 0 Å². The summed E-state index contributed by atoms with van der Waals surface area (Å²) in [7, 11) is -10.4. The number of phosphoric ester groups is 1. The van der Waals surface area contributed by atoms with Crippen LogP contribution in [0.15, 0.2) is 0 Å². The van der Waals surface area contributed by atoms with E-state index in [1.54, 1.807) is 0 Å². The van der Waals surface area contributed by atoms with Gasteiger partial charge in [-0.2, -0.15) is 4.31 Å². The molecule has 20 heavy (non-hydrogen) atoms. The van der Waals surface area contributed by atoms with Crippen molar-refractivity contribution in [1.29, 1.82) is 0 Å². The Kier molecular flexibility index (Phi) is 17.3. The van der Waals surface area contributed by atoms with Crippen molar-refractivity contribution in [3.05, 3.63) is 0 Å². The third-order valence-corrected chi connectivity index (χ3v) is 3.77. The normalized spacial score (nSPS) is 15.2. The van der Waals surface area contributed by atoms with Crippen LogP contribution in [0.2, 0.25) is 0 Å². The van der Waals surface area contributed by atoms with Gasteiger partial charge >= 0.3 is 103 Å². The molecule has 1 unspecified atom stereocenters. The standard InChI is InChI=1S/C6H16N2O8P2.K.Na.2H/c7-4-2-1-3-5(8)6(9)15-18(13,14)16-17(10,11)12;;;;/h5H,1-4,7-8H2,(H,13,14)(H2,10,11,12);;;;/t5-;;;;/m0..../s1. The van der Waals surface area contributed by atoms with Crippen molar-refractivity contribution in [3.63, 3.8) is 0 Å². The van der Waals surface area contributed by atoms with Gasteiger partial charge in [0, 0.05) is 0 Å². The summed E-state index contributed by atoms with van der Waals surface area (Å²) in [6.45, 7) is 0.404. The molecule has 0 aliphatic heterocycles. The molecule has 0 saturated carbocycles. The first kappa shape index (κ1) is 27.2. The van der Waals surface area contributed by atoms with E-state index in [2.05, 4.69) is 8.83 Å². The molecule has 0 rings (SSSR count). The summed E-state index contributed by atoms with van der Waals surface area (Å²) in [6.07, 6.45) is 1.27. The second kappa shape index (κ2) is 12.7. The Hall–Kier alpha value is 2.33. The number of hydrogen-bond acceptors (Lipinski definition) is 7. The molecule has 0 heterocycles. The van der Waals surface area contributed by atoms with Gasteiger partial charge in [-0.05, 0) is 19.4 Å². The predicted molar refractivity (Wildman–Crippen MR) is 74.2 cm³/mol. The molecule has 0 saturated heterocycles. The summed E-state index contributed by atoms with van der Waals surface area (Å²) in [5.74, 6) is -1.29. The molecular formula is C6H18KN2NaO8P2. The van der Waals surface area contributed by atoms with Gasteiger partial charge in [-0.3, -0.25) is 4.89 Å². The van der Waals surface area contributed by atoms with E-state index >= 15 is 0 Å². The number of phosphoric acid groups is 2. The molecule has 0 aliphatic carbocycles. The van der Waals surface area contributed by atoms with Crippen LogP contribution in [0.25, 0.3) is 0 Å². The van der Waals surface area contributed by atoms with Gasteiger partial charge in [0.2, 0.25) is 0 Å². The maximum absolute atomic E-state index is 11.2. The Balaban J connectivity index is -0.00000144. The quantitative estimate of drug-likeness (QED) is 0.180. The molecule has 10 nitrogen and oxygen atoms in total. The number of rotatable bonds is 8. The van der Waals surface area contributed by atoms with Gasteiger partial charge in [0.25, 0.3) is 0 Å². The summed E-state index contributed by atoms with van der Waals surface area (Å²) >= 11 is 0. The van der Waals surface area contributed by atoms with Crippen molar-refractivity contribution in [2.24, 2.45) is 11.5 Å². The van der Waals surface area contributed by atoms with Gasteiger partial charge in [-0.25, -0.2) is 13.9 Å². The monoisotopic (exact) mass is 370 g/mol. The van der Waals surface area contributed by atoms with Gasteiger partial charge in [0.1, 0.15) is 6.04 Å². The molecule has 0 aromatic carbocycles. The van der Waals surface area contributed by atoms with E-state index in [0.29, 0.717) is 19.4 Å². The molecule has 2 atom stereocenters. The van der Waals surface area contributed by atoms with Crippen LogP contribution in [-0.4, -0.2) is 114 Å². The first-order valence-electron chi connectivity index (χ1n) is 4.86. The molecule has 0 aromatic rings. The third-order valence-electron chi connectivity index (χ3n) is 1.69. The average Bonchev–Trinajstić information content (AvgIpc) is 2.12. The molecule has 0 amide bonds. The molecule has 0 fully saturated rings. The minimum atomic E-state index is -5.25. The first-order valence-corrected chi connectivity index (χ1v) is 7.89. The maximum atomic E-state index is 11.2. The van der Waals surface area contributed by atoms with E-state index in [1.807, 2.05) is 0 Å². The molecule has 14 heteroatoms. The van der Waals surface area contributed by atoms with Crippen molar-refractivity contribution in [2.45, 2.75) is 25.3 Å². The Morgan fingerprint density at radius 3 is 2.10 bits per heavy atom. The Morgan fingerprint density at radius 1 is 1.20 bits per heavy atom. The van der Waals surface area contributed by atoms with Gasteiger partial charge < -0.3 is 25.8 Å². The topological polar surface area (TPSA) is 182 Å². The van der Waals surface area contributed by atoms with Crippen LogP contribution in [0.1, 0.15) is 19.3 Å². The summed E-state index contributed by atoms with van der Waals surface area (Å²) in [5.41, 5.74) is 10.5. The van der Waals surface area contributed by atoms with E-state index in [-0.39, 0.29) is 87.4 Å². The van der Waals surface area contributed by atoms with E-state index in [9.17, 15) is 13.9 Å². The molecule has 0 aromatic heterocycles. The second-order valence-electron chi connectivity index (χ2n) is 3.34. The fraction of sp³-hybridized carbons (Fsp3) is 0.833. The Labute approximate surface area is 180 Å². The van der Waals surface area contributed by atoms with Crippen molar-refractivity contribution >= 4 is 103 Å². The number of unbranched alkanes of at least 4 members (excludes halogenated alkanes) is 1. The average molecular weight is 370 g/mol. The van der Waals surface area contributed by atoms with E-state index in [4.69, 9.17) is 26.1 Å². The van der Waals surface area contributed by atoms with Crippen LogP contribution in [0.3, 0.4) is 0 Å². The summed E-state index contributed by atoms with van der Waals surface area (Å²) in [4.78, 5) is 36.7. The summed E-state index contributed by atoms with van der Waals surface area (Å²) < 4.78 is 28.6. The van der Waals surface area contributed by atoms with Gasteiger partial charge in [0.15, 0.2) is 0 Å². The third kappa shape index (κ3) is 15.2. The molecule has 0 spiro atoms. The molecule has 7 N–H and O–H groups in total. The molecule has 0 radical (unpaired) electrons. The summed E-state index contributed by atoms with van der Waals surface area (Å²) in [6, 6.07) is -1.20. The van der Waals surface area contributed by atoms with Crippen LogP contribution >= 0.6 is 15.6 Å². The van der Waals surface area contributed by atoms with Crippen LogP contribution in [0, 0.1) is 0 Å². The summed E-state index contributed by atoms with van der Waals surface area (Å²) in [5, 5.41) is 0. The fourth-order valence-corrected chi connectivity index (χ4v) is 2.53. The zero-order valence-electron chi connectivity index (χ0n) is 9.34. The minimum absolute atomic E-state index is 0. The van der Waals surface area contributed by atoms with E-state index in [0.717, 1.165) is 0 Å². The molecule has 0 aliphatic rings. The fourth-order valence-electron chi connectivity index (χ4n) is 0.959. The number of hydrogen-bond donors (Lipinski definition) is 5. The van der Waals surface area contributed by atoms with Gasteiger partial charge in [0.05, 0.1) is 0 Å². The zero-order valence-corrected chi connectivity index (χ0v) is 11.1. The zero-order chi connectivity index (χ0) is 14.4. The SMILES string of the molecule is NCCCC[C@H](N)C(=O)OP(=O)(O)OP(=O)(O)O.[KH].[NaH]. The Bertz CT molecular complexity index is 380. The molecular weight excluding hydrogens is 352 g/mol. The van der Waals surface area contributed by atoms with Crippen molar-refractivity contribution in [2.75, 3.05) is 6.54 Å².